The van der Waals surface area contributed by atoms with Crippen LogP contribution in [0, 0.1) is 5.82 Å². The average molecular weight is 421 g/mol. The number of benzene rings is 2. The van der Waals surface area contributed by atoms with E-state index >= 15 is 0 Å². The summed E-state index contributed by atoms with van der Waals surface area (Å²) >= 11 is 5.96. The van der Waals surface area contributed by atoms with Crippen LogP contribution < -0.4 is 20.4 Å². The van der Waals surface area contributed by atoms with Gasteiger partial charge in [0.05, 0.1) is 0 Å². The molecule has 0 aromatic heterocycles. The second-order valence-corrected chi connectivity index (χ2v) is 7.80. The number of anilines is 2. The van der Waals surface area contributed by atoms with E-state index in [1.807, 2.05) is 13.0 Å². The largest absolute Gasteiger partial charge is 0.321 e. The van der Waals surface area contributed by atoms with Crippen LogP contribution in [0.4, 0.5) is 15.8 Å². The highest BCUT2D eigenvalue weighted by molar-refractivity contribution is 6.30. The second-order valence-electron chi connectivity index (χ2n) is 7.36. The van der Waals surface area contributed by atoms with Crippen molar-refractivity contribution in [3.63, 3.8) is 0 Å². The summed E-state index contributed by atoms with van der Waals surface area (Å²) in [7, 11) is 0. The minimum atomic E-state index is -0.332. The molecule has 6 nitrogen and oxygen atoms in total. The molecule has 3 rings (SSSR count). The molecule has 4 N–H and O–H groups in total. The molecule has 8 heteroatoms. The molecule has 0 bridgehead atoms. The molecule has 0 aliphatic carbocycles. The molecule has 0 radical (unpaired) electrons. The predicted molar refractivity (Wildman–Crippen MR) is 111 cm³/mol. The van der Waals surface area contributed by atoms with Crippen LogP contribution in [0.2, 0.25) is 5.02 Å². The maximum atomic E-state index is 12.9. The second kappa shape index (κ2) is 9.82. The molecule has 29 heavy (non-hydrogen) atoms. The molecule has 1 aliphatic rings. The fourth-order valence-corrected chi connectivity index (χ4v) is 3.69. The average Bonchev–Trinajstić information content (AvgIpc) is 2.70. The third-order valence-electron chi connectivity index (χ3n) is 5.24. The molecule has 1 saturated heterocycles. The Morgan fingerprint density at radius 1 is 1.03 bits per heavy atom. The van der Waals surface area contributed by atoms with Crippen LogP contribution in [0.25, 0.3) is 0 Å². The smallest absolute Gasteiger partial charge is 0.282 e. The zero-order chi connectivity index (χ0) is 20.8. The molecule has 1 heterocycles. The van der Waals surface area contributed by atoms with Crippen molar-refractivity contribution in [1.82, 2.24) is 0 Å². The SMILES string of the molecule is C[C@@H](C(=O)Nc1cccc(Cl)c1)[NH+]1CC[NH+](CC(=O)Nc2ccc(F)cc2)CC1. The molecule has 154 valence electrons. The number of nitrogens with one attached hydrogen (secondary N) is 4. The molecule has 2 aromatic carbocycles. The number of halogens is 2. The Bertz CT molecular complexity index is 854. The first-order chi connectivity index (χ1) is 13.9. The van der Waals surface area contributed by atoms with E-state index in [0.29, 0.717) is 22.9 Å². The summed E-state index contributed by atoms with van der Waals surface area (Å²) in [6.07, 6.45) is 0. The third-order valence-corrected chi connectivity index (χ3v) is 5.47. The van der Waals surface area contributed by atoms with Crippen LogP contribution >= 0.6 is 11.6 Å². The molecule has 0 spiro atoms. The van der Waals surface area contributed by atoms with Crippen LogP contribution in [0.15, 0.2) is 48.5 Å². The quantitative estimate of drug-likeness (QED) is 0.540. The Kier molecular flexibility index (Phi) is 7.19. The summed E-state index contributed by atoms with van der Waals surface area (Å²) in [5.74, 6) is -0.470. The van der Waals surface area contributed by atoms with Gasteiger partial charge in [0.15, 0.2) is 12.6 Å². The number of quaternary nitrogens is 2. The van der Waals surface area contributed by atoms with Crippen molar-refractivity contribution in [2.45, 2.75) is 13.0 Å². The Labute approximate surface area is 174 Å². The van der Waals surface area contributed by atoms with E-state index < -0.39 is 0 Å². The highest BCUT2D eigenvalue weighted by Crippen LogP contribution is 2.14. The van der Waals surface area contributed by atoms with Gasteiger partial charge in [0.1, 0.15) is 32.0 Å². The summed E-state index contributed by atoms with van der Waals surface area (Å²) in [5, 5.41) is 6.29. The fraction of sp³-hybridized carbons (Fsp3) is 0.333. The van der Waals surface area contributed by atoms with E-state index in [2.05, 4.69) is 10.6 Å². The van der Waals surface area contributed by atoms with E-state index in [9.17, 15) is 14.0 Å². The number of hydrogen-bond acceptors (Lipinski definition) is 2. The molecule has 2 amide bonds. The maximum Gasteiger partial charge on any atom is 0.282 e. The van der Waals surface area contributed by atoms with Gasteiger partial charge < -0.3 is 20.4 Å². The maximum absolute atomic E-state index is 12.9. The van der Waals surface area contributed by atoms with Crippen LogP contribution in [0.3, 0.4) is 0 Å². The lowest BCUT2D eigenvalue weighted by Crippen LogP contribution is -3.30. The van der Waals surface area contributed by atoms with Gasteiger partial charge in [-0.25, -0.2) is 4.39 Å². The van der Waals surface area contributed by atoms with Gasteiger partial charge in [-0.1, -0.05) is 17.7 Å². The van der Waals surface area contributed by atoms with Crippen molar-refractivity contribution in [3.8, 4) is 0 Å². The normalized spacial score (nSPS) is 20.0. The van der Waals surface area contributed by atoms with Crippen LogP contribution in [-0.2, 0) is 9.59 Å². The number of amides is 2. The zero-order valence-corrected chi connectivity index (χ0v) is 17.1. The number of rotatable bonds is 6. The van der Waals surface area contributed by atoms with Gasteiger partial charge in [-0.3, -0.25) is 9.59 Å². The molecule has 0 saturated carbocycles. The molecule has 1 fully saturated rings. The predicted octanol–water partition coefficient (Wildman–Crippen LogP) is 0.228. The van der Waals surface area contributed by atoms with E-state index in [0.717, 1.165) is 26.2 Å². The van der Waals surface area contributed by atoms with Crippen molar-refractivity contribution < 1.29 is 23.8 Å². The number of carbonyl (C=O) groups is 2. The number of piperazine rings is 1. The van der Waals surface area contributed by atoms with Crippen molar-refractivity contribution in [2.24, 2.45) is 0 Å². The Morgan fingerprint density at radius 3 is 2.38 bits per heavy atom. The first kappa shape index (κ1) is 21.2. The lowest BCUT2D eigenvalue weighted by Gasteiger charge is -2.32. The number of hydrogen-bond donors (Lipinski definition) is 4. The minimum Gasteiger partial charge on any atom is -0.321 e. The Balaban J connectivity index is 1.43. The lowest BCUT2D eigenvalue weighted by molar-refractivity contribution is -1.01. The topological polar surface area (TPSA) is 67.1 Å². The summed E-state index contributed by atoms with van der Waals surface area (Å²) in [6.45, 7) is 5.50. The van der Waals surface area contributed by atoms with Crippen LogP contribution in [-0.4, -0.2) is 50.6 Å². The van der Waals surface area contributed by atoms with Gasteiger partial charge >= 0.3 is 0 Å². The van der Waals surface area contributed by atoms with Gasteiger partial charge in [0.2, 0.25) is 0 Å². The summed E-state index contributed by atoms with van der Waals surface area (Å²) in [4.78, 5) is 27.1. The standard InChI is InChI=1S/C21H24ClFN4O2/c1-15(21(29)25-19-4-2-3-16(22)13-19)27-11-9-26(10-12-27)14-20(28)24-18-7-5-17(23)6-8-18/h2-8,13,15H,9-12,14H2,1H3,(H,24,28)(H,25,29)/p+2/t15-/m0/s1. The van der Waals surface area contributed by atoms with E-state index in [1.54, 1.807) is 30.3 Å². The van der Waals surface area contributed by atoms with Crippen LogP contribution in [0.1, 0.15) is 6.92 Å². The monoisotopic (exact) mass is 420 g/mol. The summed E-state index contributed by atoms with van der Waals surface area (Å²) in [5.41, 5.74) is 1.28. The van der Waals surface area contributed by atoms with Crippen molar-refractivity contribution >= 4 is 34.8 Å². The highest BCUT2D eigenvalue weighted by Gasteiger charge is 2.31. The van der Waals surface area contributed by atoms with Crippen molar-refractivity contribution in [3.05, 3.63) is 59.4 Å². The lowest BCUT2D eigenvalue weighted by atomic mass is 10.2. The summed E-state index contributed by atoms with van der Waals surface area (Å²) in [6, 6.07) is 12.6. The van der Waals surface area contributed by atoms with Crippen molar-refractivity contribution in [2.75, 3.05) is 43.4 Å². The minimum absolute atomic E-state index is 0.0419. The van der Waals surface area contributed by atoms with Gasteiger partial charge in [0, 0.05) is 16.4 Å². The molecular weight excluding hydrogens is 395 g/mol. The van der Waals surface area contributed by atoms with Gasteiger partial charge in [0.25, 0.3) is 11.8 Å². The fourth-order valence-electron chi connectivity index (χ4n) is 3.50. The summed E-state index contributed by atoms with van der Waals surface area (Å²) < 4.78 is 12.9. The zero-order valence-electron chi connectivity index (χ0n) is 16.3. The van der Waals surface area contributed by atoms with E-state index in [4.69, 9.17) is 11.6 Å². The van der Waals surface area contributed by atoms with Gasteiger partial charge in [-0.2, -0.15) is 0 Å². The first-order valence-corrected chi connectivity index (χ1v) is 10.1. The molecule has 1 aliphatic heterocycles. The van der Waals surface area contributed by atoms with Gasteiger partial charge in [-0.15, -0.1) is 0 Å². The van der Waals surface area contributed by atoms with E-state index in [-0.39, 0.29) is 23.7 Å². The van der Waals surface area contributed by atoms with Crippen molar-refractivity contribution in [1.29, 1.82) is 0 Å². The number of carbonyl (C=O) groups excluding carboxylic acids is 2. The molecule has 2 aromatic rings. The van der Waals surface area contributed by atoms with E-state index in [1.165, 1.54) is 21.9 Å². The third kappa shape index (κ3) is 6.25. The molecule has 1 atom stereocenters. The Hall–Kier alpha value is -2.48. The van der Waals surface area contributed by atoms with Gasteiger partial charge in [-0.05, 0) is 49.4 Å². The van der Waals surface area contributed by atoms with Crippen LogP contribution in [0.5, 0.6) is 0 Å². The molecule has 0 unspecified atom stereocenters. The first-order valence-electron chi connectivity index (χ1n) is 9.70. The Morgan fingerprint density at radius 2 is 1.72 bits per heavy atom. The highest BCUT2D eigenvalue weighted by atomic mass is 35.5. The molecular formula is C21H26ClFN4O2+2.